The fourth-order valence-corrected chi connectivity index (χ4v) is 2.66. The van der Waals surface area contributed by atoms with Gasteiger partial charge in [-0.1, -0.05) is 36.6 Å². The summed E-state index contributed by atoms with van der Waals surface area (Å²) in [4.78, 5) is 12.5. The van der Waals surface area contributed by atoms with Crippen LogP contribution in [0.1, 0.15) is 32.1 Å². The third kappa shape index (κ3) is 2.59. The van der Waals surface area contributed by atoms with Crippen molar-refractivity contribution in [3.05, 3.63) is 30.1 Å². The first-order valence-electron chi connectivity index (χ1n) is 6.64. The van der Waals surface area contributed by atoms with Gasteiger partial charge in [-0.2, -0.15) is 0 Å². The Hall–Kier alpha value is -2.11. The summed E-state index contributed by atoms with van der Waals surface area (Å²) in [6, 6.07) is 5.93. The maximum atomic E-state index is 13.6. The molecule has 1 aromatic carbocycles. The van der Waals surface area contributed by atoms with Crippen molar-refractivity contribution in [2.45, 2.75) is 32.1 Å². The maximum absolute atomic E-state index is 13.6. The van der Waals surface area contributed by atoms with Crippen molar-refractivity contribution in [3.8, 4) is 0 Å². The van der Waals surface area contributed by atoms with Crippen LogP contribution in [-0.4, -0.2) is 17.0 Å². The highest BCUT2D eigenvalue weighted by molar-refractivity contribution is 6.11. The summed E-state index contributed by atoms with van der Waals surface area (Å²) in [5.74, 6) is -1.03. The lowest BCUT2D eigenvalue weighted by atomic mass is 9.72. The molecular formula is C14H18FN3O2. The first-order valence-corrected chi connectivity index (χ1v) is 6.64. The number of amides is 1. The highest BCUT2D eigenvalue weighted by Gasteiger charge is 2.44. The van der Waals surface area contributed by atoms with Gasteiger partial charge in [0.15, 0.2) is 5.84 Å². The van der Waals surface area contributed by atoms with Gasteiger partial charge in [0.2, 0.25) is 5.91 Å². The van der Waals surface area contributed by atoms with E-state index in [-0.39, 0.29) is 11.5 Å². The van der Waals surface area contributed by atoms with E-state index < -0.39 is 17.1 Å². The van der Waals surface area contributed by atoms with E-state index in [4.69, 9.17) is 10.9 Å². The van der Waals surface area contributed by atoms with E-state index in [9.17, 15) is 9.18 Å². The average Bonchev–Trinajstić information content (AvgIpc) is 2.49. The molecular weight excluding hydrogens is 261 g/mol. The Morgan fingerprint density at radius 3 is 2.55 bits per heavy atom. The normalized spacial score (nSPS) is 18.6. The summed E-state index contributed by atoms with van der Waals surface area (Å²) in [6.07, 6.45) is 3.65. The molecule has 4 N–H and O–H groups in total. The molecule has 0 bridgehead atoms. The number of amidine groups is 1. The summed E-state index contributed by atoms with van der Waals surface area (Å²) < 4.78 is 13.6. The van der Waals surface area contributed by atoms with Crippen molar-refractivity contribution in [2.75, 3.05) is 5.32 Å². The second kappa shape index (κ2) is 5.90. The molecule has 2 rings (SSSR count). The number of nitrogens with two attached hydrogens (primary N) is 1. The fraction of sp³-hybridized carbons (Fsp3) is 0.429. The number of halogens is 1. The number of anilines is 1. The number of oxime groups is 1. The minimum Gasteiger partial charge on any atom is -0.409 e. The zero-order valence-electron chi connectivity index (χ0n) is 11.1. The third-order valence-electron chi connectivity index (χ3n) is 3.86. The molecule has 0 spiro atoms. The Balaban J connectivity index is 2.26. The van der Waals surface area contributed by atoms with Gasteiger partial charge in [0.05, 0.1) is 5.69 Å². The number of carbonyl (C=O) groups is 1. The summed E-state index contributed by atoms with van der Waals surface area (Å²) in [6.45, 7) is 0. The Labute approximate surface area is 116 Å². The van der Waals surface area contributed by atoms with Crippen molar-refractivity contribution in [1.82, 2.24) is 0 Å². The molecule has 20 heavy (non-hydrogen) atoms. The van der Waals surface area contributed by atoms with Gasteiger partial charge < -0.3 is 16.3 Å². The van der Waals surface area contributed by atoms with Crippen LogP contribution in [0.5, 0.6) is 0 Å². The minimum absolute atomic E-state index is 0.105. The topological polar surface area (TPSA) is 87.7 Å². The number of hydrogen-bond donors (Lipinski definition) is 3. The predicted molar refractivity (Wildman–Crippen MR) is 74.0 cm³/mol. The lowest BCUT2D eigenvalue weighted by molar-refractivity contribution is -0.123. The molecule has 0 aromatic heterocycles. The zero-order valence-corrected chi connectivity index (χ0v) is 11.1. The van der Waals surface area contributed by atoms with Crippen LogP contribution in [0.25, 0.3) is 0 Å². The third-order valence-corrected chi connectivity index (χ3v) is 3.86. The van der Waals surface area contributed by atoms with Crippen LogP contribution < -0.4 is 11.1 Å². The molecule has 0 atom stereocenters. The molecule has 1 aliphatic carbocycles. The van der Waals surface area contributed by atoms with Crippen LogP contribution in [0, 0.1) is 11.2 Å². The van der Waals surface area contributed by atoms with Crippen molar-refractivity contribution in [1.29, 1.82) is 0 Å². The number of carbonyl (C=O) groups excluding carboxylic acids is 1. The van der Waals surface area contributed by atoms with E-state index in [1.165, 1.54) is 12.1 Å². The first-order chi connectivity index (χ1) is 9.60. The van der Waals surface area contributed by atoms with Crippen LogP contribution >= 0.6 is 0 Å². The number of para-hydroxylation sites is 1. The van der Waals surface area contributed by atoms with Gasteiger partial charge in [-0.15, -0.1) is 0 Å². The minimum atomic E-state index is -1.05. The van der Waals surface area contributed by atoms with Crippen molar-refractivity contribution < 1.29 is 14.4 Å². The quantitative estimate of drug-likeness (QED) is 0.344. The van der Waals surface area contributed by atoms with Crippen LogP contribution in [0.3, 0.4) is 0 Å². The summed E-state index contributed by atoms with van der Waals surface area (Å²) in [5, 5.41) is 14.5. The van der Waals surface area contributed by atoms with E-state index >= 15 is 0 Å². The molecule has 1 saturated carbocycles. The van der Waals surface area contributed by atoms with Gasteiger partial charge in [0.1, 0.15) is 11.2 Å². The Kier molecular flexibility index (Phi) is 4.22. The SMILES string of the molecule is NC(=NO)C1(C(=O)Nc2ccccc2F)CCCCC1. The largest absolute Gasteiger partial charge is 0.409 e. The number of hydrogen-bond acceptors (Lipinski definition) is 3. The molecule has 0 unspecified atom stereocenters. The molecule has 0 heterocycles. The van der Waals surface area contributed by atoms with Gasteiger partial charge in [0, 0.05) is 0 Å². The summed E-state index contributed by atoms with van der Waals surface area (Å²) >= 11 is 0. The van der Waals surface area contributed by atoms with Crippen LogP contribution in [0.4, 0.5) is 10.1 Å². The molecule has 1 amide bonds. The second-order valence-corrected chi connectivity index (χ2v) is 5.06. The number of rotatable bonds is 3. The van der Waals surface area contributed by atoms with Crippen LogP contribution in [0.15, 0.2) is 29.4 Å². The highest BCUT2D eigenvalue weighted by Crippen LogP contribution is 2.37. The Morgan fingerprint density at radius 2 is 1.95 bits per heavy atom. The fourth-order valence-electron chi connectivity index (χ4n) is 2.66. The Bertz CT molecular complexity index is 525. The average molecular weight is 279 g/mol. The molecule has 0 saturated heterocycles. The van der Waals surface area contributed by atoms with Crippen LogP contribution in [0.2, 0.25) is 0 Å². The summed E-state index contributed by atoms with van der Waals surface area (Å²) in [7, 11) is 0. The van der Waals surface area contributed by atoms with Gasteiger partial charge in [-0.05, 0) is 25.0 Å². The summed E-state index contributed by atoms with van der Waals surface area (Å²) in [5.41, 5.74) is 4.78. The van der Waals surface area contributed by atoms with E-state index in [2.05, 4.69) is 10.5 Å². The van der Waals surface area contributed by atoms with Gasteiger partial charge in [0.25, 0.3) is 0 Å². The molecule has 6 heteroatoms. The number of nitrogens with one attached hydrogen (secondary N) is 1. The Morgan fingerprint density at radius 1 is 1.30 bits per heavy atom. The smallest absolute Gasteiger partial charge is 0.238 e. The van der Waals surface area contributed by atoms with E-state index in [1.54, 1.807) is 12.1 Å². The molecule has 5 nitrogen and oxygen atoms in total. The monoisotopic (exact) mass is 279 g/mol. The van der Waals surface area contributed by atoms with Gasteiger partial charge >= 0.3 is 0 Å². The molecule has 1 aliphatic rings. The predicted octanol–water partition coefficient (Wildman–Crippen LogP) is 2.46. The van der Waals surface area contributed by atoms with E-state index in [0.29, 0.717) is 12.8 Å². The highest BCUT2D eigenvalue weighted by atomic mass is 19.1. The van der Waals surface area contributed by atoms with Crippen molar-refractivity contribution >= 4 is 17.4 Å². The standard InChI is InChI=1S/C14H18FN3O2/c15-10-6-2-3-7-11(10)17-13(19)14(12(16)18-20)8-4-1-5-9-14/h2-3,6-7,20H,1,4-5,8-9H2,(H2,16,18)(H,17,19). The second-order valence-electron chi connectivity index (χ2n) is 5.06. The number of benzene rings is 1. The molecule has 0 radical (unpaired) electrons. The van der Waals surface area contributed by atoms with E-state index in [1.807, 2.05) is 0 Å². The zero-order chi connectivity index (χ0) is 14.6. The molecule has 1 fully saturated rings. The molecule has 1 aromatic rings. The van der Waals surface area contributed by atoms with E-state index in [0.717, 1.165) is 19.3 Å². The lowest BCUT2D eigenvalue weighted by Gasteiger charge is -2.34. The lowest BCUT2D eigenvalue weighted by Crippen LogP contribution is -2.48. The van der Waals surface area contributed by atoms with Gasteiger partial charge in [-0.3, -0.25) is 4.79 Å². The maximum Gasteiger partial charge on any atom is 0.238 e. The number of nitrogens with zero attached hydrogens (tertiary/aromatic N) is 1. The van der Waals surface area contributed by atoms with Crippen molar-refractivity contribution in [3.63, 3.8) is 0 Å². The van der Waals surface area contributed by atoms with Gasteiger partial charge in [-0.25, -0.2) is 4.39 Å². The first kappa shape index (κ1) is 14.3. The molecule has 108 valence electrons. The van der Waals surface area contributed by atoms with Crippen molar-refractivity contribution in [2.24, 2.45) is 16.3 Å². The molecule has 0 aliphatic heterocycles. The van der Waals surface area contributed by atoms with Crippen LogP contribution in [-0.2, 0) is 4.79 Å².